The molecule has 0 aliphatic rings. The second-order valence-electron chi connectivity index (χ2n) is 6.92. The molecule has 0 N–H and O–H groups in total. The Morgan fingerprint density at radius 1 is 1.17 bits per heavy atom. The fourth-order valence-corrected chi connectivity index (χ4v) is 3.75. The van der Waals surface area contributed by atoms with Gasteiger partial charge in [-0.05, 0) is 56.4 Å². The number of benzene rings is 1. The standard InChI is InChI=1S/C20H21F3N2O3S/c1-12-9-17(13(2)14(3)24-12)19(11-25(27)28,20(21,22)23)10-18(26)15-5-7-16(29-4)8-6-15/h5-9H,10-11H2,1-4H3. The van der Waals surface area contributed by atoms with Crippen molar-refractivity contribution in [2.45, 2.75) is 43.7 Å². The van der Waals surface area contributed by atoms with Crippen molar-refractivity contribution in [2.24, 2.45) is 0 Å². The third-order valence-electron chi connectivity index (χ3n) is 4.98. The zero-order valence-corrected chi connectivity index (χ0v) is 17.3. The Bertz CT molecular complexity index is 930. The molecule has 0 amide bonds. The summed E-state index contributed by atoms with van der Waals surface area (Å²) >= 11 is 1.43. The molecule has 5 nitrogen and oxygen atoms in total. The number of alkyl halides is 3. The SMILES string of the molecule is CSc1ccc(C(=O)CC(C[N+](=O)[O-])(c2cc(C)nc(C)c2C)C(F)(F)F)cc1. The Hall–Kier alpha value is -2.42. The average Bonchev–Trinajstić information content (AvgIpc) is 2.62. The summed E-state index contributed by atoms with van der Waals surface area (Å²) in [6, 6.07) is 7.34. The van der Waals surface area contributed by atoms with Crippen molar-refractivity contribution in [3.8, 4) is 0 Å². The molecule has 0 aliphatic carbocycles. The maximum absolute atomic E-state index is 14.4. The fourth-order valence-electron chi connectivity index (χ4n) is 3.34. The summed E-state index contributed by atoms with van der Waals surface area (Å²) in [6.07, 6.45) is -4.24. The highest BCUT2D eigenvalue weighted by molar-refractivity contribution is 7.98. The second-order valence-corrected chi connectivity index (χ2v) is 7.80. The molecule has 1 atom stereocenters. The average molecular weight is 426 g/mol. The van der Waals surface area contributed by atoms with Crippen molar-refractivity contribution in [1.29, 1.82) is 0 Å². The van der Waals surface area contributed by atoms with Crippen molar-refractivity contribution in [3.05, 3.63) is 68.5 Å². The number of hydrogen-bond donors (Lipinski definition) is 0. The van der Waals surface area contributed by atoms with Gasteiger partial charge in [-0.1, -0.05) is 12.1 Å². The summed E-state index contributed by atoms with van der Waals surface area (Å²) in [6.45, 7) is 3.07. The molecule has 0 spiro atoms. The molecular weight excluding hydrogens is 405 g/mol. The Balaban J connectivity index is 2.66. The van der Waals surface area contributed by atoms with Gasteiger partial charge in [-0.25, -0.2) is 0 Å². The van der Waals surface area contributed by atoms with Crippen LogP contribution in [-0.2, 0) is 5.41 Å². The van der Waals surface area contributed by atoms with Gasteiger partial charge < -0.3 is 0 Å². The van der Waals surface area contributed by atoms with E-state index in [1.54, 1.807) is 19.1 Å². The van der Waals surface area contributed by atoms with E-state index in [2.05, 4.69) is 4.98 Å². The molecule has 0 radical (unpaired) electrons. The van der Waals surface area contributed by atoms with Gasteiger partial charge in [0.05, 0.1) is 0 Å². The molecule has 156 valence electrons. The van der Waals surface area contributed by atoms with Crippen molar-refractivity contribution in [3.63, 3.8) is 0 Å². The van der Waals surface area contributed by atoms with Gasteiger partial charge in [0.25, 0.3) is 0 Å². The molecule has 9 heteroatoms. The number of nitrogens with zero attached hydrogens (tertiary/aromatic N) is 2. The topological polar surface area (TPSA) is 73.1 Å². The monoisotopic (exact) mass is 426 g/mol. The van der Waals surface area contributed by atoms with Crippen molar-refractivity contribution in [2.75, 3.05) is 12.8 Å². The number of halogens is 3. The first-order chi connectivity index (χ1) is 13.4. The van der Waals surface area contributed by atoms with Crippen LogP contribution in [0.25, 0.3) is 0 Å². The Morgan fingerprint density at radius 3 is 2.24 bits per heavy atom. The lowest BCUT2D eigenvalue weighted by atomic mass is 9.72. The van der Waals surface area contributed by atoms with E-state index >= 15 is 0 Å². The molecule has 0 saturated heterocycles. The number of thioether (sulfide) groups is 1. The number of ketones is 1. The zero-order valence-electron chi connectivity index (χ0n) is 16.5. The molecule has 2 rings (SSSR count). The minimum absolute atomic E-state index is 0.0833. The number of aryl methyl sites for hydroxylation is 2. The highest BCUT2D eigenvalue weighted by Gasteiger charge is 2.61. The maximum Gasteiger partial charge on any atom is 0.405 e. The van der Waals surface area contributed by atoms with E-state index in [0.717, 1.165) is 4.90 Å². The van der Waals surface area contributed by atoms with Crippen LogP contribution in [0.3, 0.4) is 0 Å². The van der Waals surface area contributed by atoms with E-state index in [-0.39, 0.29) is 16.7 Å². The maximum atomic E-state index is 14.4. The van der Waals surface area contributed by atoms with Crippen molar-refractivity contribution >= 4 is 17.5 Å². The van der Waals surface area contributed by atoms with Crippen LogP contribution in [0, 0.1) is 30.9 Å². The van der Waals surface area contributed by atoms with Crippen molar-refractivity contribution in [1.82, 2.24) is 4.98 Å². The fraction of sp³-hybridized carbons (Fsp3) is 0.400. The van der Waals surface area contributed by atoms with E-state index in [0.29, 0.717) is 11.4 Å². The number of aromatic nitrogens is 1. The number of rotatable bonds is 7. The third-order valence-corrected chi connectivity index (χ3v) is 5.72. The molecule has 1 unspecified atom stereocenters. The first-order valence-corrected chi connectivity index (χ1v) is 9.95. The number of nitro groups is 1. The normalized spacial score (nSPS) is 13.8. The van der Waals surface area contributed by atoms with Gasteiger partial charge in [-0.3, -0.25) is 19.9 Å². The number of Topliss-reactive ketones (excluding diaryl/α,β-unsaturated/α-hetero) is 1. The Kier molecular flexibility index (Phi) is 6.72. The van der Waals surface area contributed by atoms with Crippen LogP contribution >= 0.6 is 11.8 Å². The molecule has 0 saturated carbocycles. The number of carbonyl (C=O) groups is 1. The lowest BCUT2D eigenvalue weighted by Crippen LogP contribution is -2.50. The Labute approximate surface area is 170 Å². The first-order valence-electron chi connectivity index (χ1n) is 8.72. The van der Waals surface area contributed by atoms with E-state index in [1.807, 2.05) is 6.26 Å². The van der Waals surface area contributed by atoms with Gasteiger partial charge in [0.15, 0.2) is 11.2 Å². The van der Waals surface area contributed by atoms with Crippen LogP contribution in [0.5, 0.6) is 0 Å². The van der Waals surface area contributed by atoms with Gasteiger partial charge in [0.1, 0.15) is 0 Å². The van der Waals surface area contributed by atoms with Gasteiger partial charge >= 0.3 is 6.18 Å². The predicted octanol–water partition coefficient (Wildman–Crippen LogP) is 5.08. The molecule has 0 bridgehead atoms. The van der Waals surface area contributed by atoms with Crippen LogP contribution in [-0.4, -0.2) is 34.7 Å². The van der Waals surface area contributed by atoms with E-state index in [9.17, 15) is 28.1 Å². The lowest BCUT2D eigenvalue weighted by molar-refractivity contribution is -0.501. The molecule has 29 heavy (non-hydrogen) atoms. The summed E-state index contributed by atoms with van der Waals surface area (Å²) in [5.74, 6) is -0.802. The summed E-state index contributed by atoms with van der Waals surface area (Å²) in [7, 11) is 0. The molecule has 2 aromatic rings. The lowest BCUT2D eigenvalue weighted by Gasteiger charge is -2.34. The predicted molar refractivity (Wildman–Crippen MR) is 105 cm³/mol. The van der Waals surface area contributed by atoms with Crippen LogP contribution in [0.4, 0.5) is 13.2 Å². The molecule has 1 heterocycles. The highest BCUT2D eigenvalue weighted by Crippen LogP contribution is 2.46. The molecule has 0 aliphatic heterocycles. The molecule has 0 fully saturated rings. The van der Waals surface area contributed by atoms with Gasteiger partial charge in [0.2, 0.25) is 6.54 Å². The second kappa shape index (κ2) is 8.52. The minimum Gasteiger partial charge on any atom is -0.294 e. The largest absolute Gasteiger partial charge is 0.405 e. The van der Waals surface area contributed by atoms with E-state index < -0.39 is 35.3 Å². The van der Waals surface area contributed by atoms with Crippen LogP contribution in [0.1, 0.15) is 39.3 Å². The molecule has 1 aromatic heterocycles. The smallest absolute Gasteiger partial charge is 0.294 e. The highest BCUT2D eigenvalue weighted by atomic mass is 32.2. The summed E-state index contributed by atoms with van der Waals surface area (Å²) in [4.78, 5) is 28.1. The third kappa shape index (κ3) is 4.77. The summed E-state index contributed by atoms with van der Waals surface area (Å²) in [5, 5.41) is 11.3. The van der Waals surface area contributed by atoms with Crippen molar-refractivity contribution < 1.29 is 22.9 Å². The molecule has 1 aromatic carbocycles. The van der Waals surface area contributed by atoms with E-state index in [1.165, 1.54) is 43.8 Å². The minimum atomic E-state index is -5.01. The number of pyridine rings is 1. The number of hydrogen-bond acceptors (Lipinski definition) is 5. The van der Waals surface area contributed by atoms with Gasteiger partial charge in [0, 0.05) is 33.2 Å². The van der Waals surface area contributed by atoms with E-state index in [4.69, 9.17) is 0 Å². The zero-order chi connectivity index (χ0) is 22.0. The summed E-state index contributed by atoms with van der Waals surface area (Å²) < 4.78 is 43.1. The van der Waals surface area contributed by atoms with Gasteiger partial charge in [-0.15, -0.1) is 11.8 Å². The quantitative estimate of drug-likeness (QED) is 0.267. The van der Waals surface area contributed by atoms with Crippen LogP contribution in [0.2, 0.25) is 0 Å². The molecular formula is C20H21F3N2O3S. The van der Waals surface area contributed by atoms with Crippen LogP contribution in [0.15, 0.2) is 35.2 Å². The number of carbonyl (C=O) groups excluding carboxylic acids is 1. The first kappa shape index (κ1) is 22.9. The van der Waals surface area contributed by atoms with Crippen LogP contribution < -0.4 is 0 Å². The van der Waals surface area contributed by atoms with Gasteiger partial charge in [-0.2, -0.15) is 13.2 Å². The summed E-state index contributed by atoms with van der Waals surface area (Å²) in [5.41, 5.74) is -2.31. The Morgan fingerprint density at radius 2 is 1.76 bits per heavy atom.